The Morgan fingerprint density at radius 2 is 1.88 bits per heavy atom. The number of carbonyl (C=O) groups excluding carboxylic acids is 1. The number of halogens is 1. The molecule has 0 aromatic heterocycles. The van der Waals surface area contributed by atoms with Crippen LogP contribution in [0.5, 0.6) is 0 Å². The van der Waals surface area contributed by atoms with E-state index in [-0.39, 0.29) is 6.54 Å². The van der Waals surface area contributed by atoms with Crippen LogP contribution in [0.25, 0.3) is 0 Å². The highest BCUT2D eigenvalue weighted by atomic mass is 35.5. The molecule has 0 aliphatic rings. The third-order valence-corrected chi connectivity index (χ3v) is 3.91. The quantitative estimate of drug-likeness (QED) is 0.780. The molecule has 2 amide bonds. The van der Waals surface area contributed by atoms with E-state index in [1.165, 1.54) is 0 Å². The lowest BCUT2D eigenvalue weighted by Gasteiger charge is -2.25. The molecule has 124 valence electrons. The summed E-state index contributed by atoms with van der Waals surface area (Å²) in [6, 6.07) is 15.5. The van der Waals surface area contributed by atoms with E-state index in [0.717, 1.165) is 5.56 Å². The van der Waals surface area contributed by atoms with Gasteiger partial charge < -0.3 is 15.7 Å². The van der Waals surface area contributed by atoms with Gasteiger partial charge in [0.05, 0.1) is 18.2 Å². The first-order chi connectivity index (χ1) is 11.4. The smallest absolute Gasteiger partial charge is 0.315 e. The van der Waals surface area contributed by atoms with Crippen molar-refractivity contribution in [3.63, 3.8) is 0 Å². The average Bonchev–Trinajstić information content (AvgIpc) is 2.59. The van der Waals surface area contributed by atoms with E-state index < -0.39 is 11.6 Å². The maximum atomic E-state index is 11.9. The van der Waals surface area contributed by atoms with Crippen molar-refractivity contribution in [2.24, 2.45) is 0 Å². The third-order valence-electron chi connectivity index (χ3n) is 3.58. The van der Waals surface area contributed by atoms with Gasteiger partial charge in [-0.2, -0.15) is 5.26 Å². The molecule has 0 radical (unpaired) electrons. The minimum Gasteiger partial charge on any atom is -0.384 e. The van der Waals surface area contributed by atoms with E-state index in [4.69, 9.17) is 16.9 Å². The Balaban J connectivity index is 1.86. The molecule has 0 fully saturated rings. The molecule has 0 heterocycles. The number of benzene rings is 2. The number of aliphatic hydroxyl groups is 1. The number of hydrogen-bond acceptors (Lipinski definition) is 3. The van der Waals surface area contributed by atoms with Gasteiger partial charge in [-0.25, -0.2) is 4.79 Å². The number of nitrogens with zero attached hydrogens (tertiary/aromatic N) is 1. The van der Waals surface area contributed by atoms with Crippen LogP contribution in [0.4, 0.5) is 4.79 Å². The number of urea groups is 1. The Morgan fingerprint density at radius 3 is 2.50 bits per heavy atom. The lowest BCUT2D eigenvalue weighted by Crippen LogP contribution is -2.43. The SMILES string of the molecule is CC(O)(CNC(=O)NCc1ccc(C#N)cc1)c1ccccc1Cl. The summed E-state index contributed by atoms with van der Waals surface area (Å²) in [5.41, 5.74) is 0.726. The zero-order chi connectivity index (χ0) is 17.6. The van der Waals surface area contributed by atoms with Crippen molar-refractivity contribution in [3.05, 3.63) is 70.2 Å². The number of nitrogens with one attached hydrogen (secondary N) is 2. The summed E-state index contributed by atoms with van der Waals surface area (Å²) < 4.78 is 0. The van der Waals surface area contributed by atoms with Crippen LogP contribution in [0.15, 0.2) is 48.5 Å². The Hall–Kier alpha value is -2.55. The van der Waals surface area contributed by atoms with Gasteiger partial charge in [-0.05, 0) is 30.7 Å². The molecule has 5 nitrogen and oxygen atoms in total. The summed E-state index contributed by atoms with van der Waals surface area (Å²) in [4.78, 5) is 11.9. The molecule has 1 unspecified atom stereocenters. The monoisotopic (exact) mass is 343 g/mol. The van der Waals surface area contributed by atoms with Crippen molar-refractivity contribution in [1.82, 2.24) is 10.6 Å². The second-order valence-electron chi connectivity index (χ2n) is 5.60. The molecule has 3 N–H and O–H groups in total. The molecule has 0 saturated heterocycles. The molecular formula is C18H18ClN3O2. The van der Waals surface area contributed by atoms with Crippen molar-refractivity contribution in [1.29, 1.82) is 5.26 Å². The summed E-state index contributed by atoms with van der Waals surface area (Å²) in [6.45, 7) is 1.94. The molecule has 2 rings (SSSR count). The van der Waals surface area contributed by atoms with Crippen molar-refractivity contribution in [2.75, 3.05) is 6.54 Å². The van der Waals surface area contributed by atoms with Crippen LogP contribution in [0.1, 0.15) is 23.6 Å². The number of nitriles is 1. The predicted molar refractivity (Wildman–Crippen MR) is 92.4 cm³/mol. The van der Waals surface area contributed by atoms with Crippen molar-refractivity contribution < 1.29 is 9.90 Å². The van der Waals surface area contributed by atoms with Crippen molar-refractivity contribution in [3.8, 4) is 6.07 Å². The second kappa shape index (κ2) is 7.82. The Bertz CT molecular complexity index is 752. The summed E-state index contributed by atoms with van der Waals surface area (Å²) in [6.07, 6.45) is 0. The van der Waals surface area contributed by atoms with E-state index >= 15 is 0 Å². The topological polar surface area (TPSA) is 85.2 Å². The molecule has 0 aliphatic carbocycles. The van der Waals surface area contributed by atoms with E-state index in [1.54, 1.807) is 55.5 Å². The van der Waals surface area contributed by atoms with Gasteiger partial charge in [0, 0.05) is 17.1 Å². The van der Waals surface area contributed by atoms with E-state index in [0.29, 0.717) is 22.7 Å². The van der Waals surface area contributed by atoms with Crippen molar-refractivity contribution in [2.45, 2.75) is 19.1 Å². The minimum absolute atomic E-state index is 0.0237. The molecule has 2 aromatic rings. The molecule has 1 atom stereocenters. The highest BCUT2D eigenvalue weighted by Crippen LogP contribution is 2.27. The lowest BCUT2D eigenvalue weighted by molar-refractivity contribution is 0.0595. The van der Waals surface area contributed by atoms with E-state index in [1.807, 2.05) is 6.07 Å². The van der Waals surface area contributed by atoms with Gasteiger partial charge in [0.25, 0.3) is 0 Å². The molecule has 0 aliphatic heterocycles. The second-order valence-corrected chi connectivity index (χ2v) is 6.01. The number of hydrogen-bond donors (Lipinski definition) is 3. The highest BCUT2D eigenvalue weighted by Gasteiger charge is 2.26. The van der Waals surface area contributed by atoms with Crippen LogP contribution in [0, 0.1) is 11.3 Å². The van der Waals surface area contributed by atoms with Gasteiger partial charge in [-0.3, -0.25) is 0 Å². The summed E-state index contributed by atoms with van der Waals surface area (Å²) >= 11 is 6.08. The minimum atomic E-state index is -1.27. The van der Waals surface area contributed by atoms with Crippen LogP contribution in [-0.2, 0) is 12.1 Å². The largest absolute Gasteiger partial charge is 0.384 e. The normalized spacial score (nSPS) is 12.8. The molecule has 0 saturated carbocycles. The Labute approximate surface area is 145 Å². The van der Waals surface area contributed by atoms with Gasteiger partial charge in [0.15, 0.2) is 0 Å². The van der Waals surface area contributed by atoms with Gasteiger partial charge in [0.2, 0.25) is 0 Å². The summed E-state index contributed by atoms with van der Waals surface area (Å²) in [5.74, 6) is 0. The Morgan fingerprint density at radius 1 is 1.21 bits per heavy atom. The van der Waals surface area contributed by atoms with Gasteiger partial charge in [0.1, 0.15) is 5.60 Å². The Kier molecular flexibility index (Phi) is 5.80. The molecule has 2 aromatic carbocycles. The predicted octanol–water partition coefficient (Wildman–Crippen LogP) is 2.92. The van der Waals surface area contributed by atoms with E-state index in [9.17, 15) is 9.90 Å². The zero-order valence-electron chi connectivity index (χ0n) is 13.2. The van der Waals surface area contributed by atoms with Crippen LogP contribution in [-0.4, -0.2) is 17.7 Å². The van der Waals surface area contributed by atoms with Crippen LogP contribution >= 0.6 is 11.6 Å². The molecule has 0 bridgehead atoms. The van der Waals surface area contributed by atoms with Gasteiger partial charge >= 0.3 is 6.03 Å². The number of carbonyl (C=O) groups is 1. The van der Waals surface area contributed by atoms with Crippen LogP contribution in [0.3, 0.4) is 0 Å². The molecule has 6 heteroatoms. The lowest BCUT2D eigenvalue weighted by atomic mass is 9.96. The summed E-state index contributed by atoms with van der Waals surface area (Å²) in [5, 5.41) is 25.0. The van der Waals surface area contributed by atoms with Gasteiger partial charge in [-0.15, -0.1) is 0 Å². The van der Waals surface area contributed by atoms with Crippen molar-refractivity contribution >= 4 is 17.6 Å². The first-order valence-electron chi connectivity index (χ1n) is 7.40. The maximum absolute atomic E-state index is 11.9. The summed E-state index contributed by atoms with van der Waals surface area (Å²) in [7, 11) is 0. The molecule has 24 heavy (non-hydrogen) atoms. The highest BCUT2D eigenvalue weighted by molar-refractivity contribution is 6.31. The number of rotatable bonds is 5. The van der Waals surface area contributed by atoms with E-state index in [2.05, 4.69) is 10.6 Å². The standard InChI is InChI=1S/C18H18ClN3O2/c1-18(24,15-4-2-3-5-16(15)19)12-22-17(23)21-11-14-8-6-13(10-20)7-9-14/h2-9,24H,11-12H2,1H3,(H2,21,22,23). The average molecular weight is 344 g/mol. The fourth-order valence-corrected chi connectivity index (χ4v) is 2.53. The first-order valence-corrected chi connectivity index (χ1v) is 7.78. The maximum Gasteiger partial charge on any atom is 0.315 e. The third kappa shape index (κ3) is 4.72. The zero-order valence-corrected chi connectivity index (χ0v) is 14.0. The molecular weight excluding hydrogens is 326 g/mol. The van der Waals surface area contributed by atoms with Crippen LogP contribution < -0.4 is 10.6 Å². The van der Waals surface area contributed by atoms with Gasteiger partial charge in [-0.1, -0.05) is 41.9 Å². The first kappa shape index (κ1) is 17.8. The fraction of sp³-hybridized carbons (Fsp3) is 0.222. The fourth-order valence-electron chi connectivity index (χ4n) is 2.19. The molecule has 0 spiro atoms. The van der Waals surface area contributed by atoms with Crippen LogP contribution in [0.2, 0.25) is 5.02 Å². The number of amides is 2.